The van der Waals surface area contributed by atoms with Crippen molar-refractivity contribution < 1.29 is 4.74 Å². The average molecular weight is 361 g/mol. The van der Waals surface area contributed by atoms with Gasteiger partial charge >= 0.3 is 0 Å². The minimum absolute atomic E-state index is 0.740. The molecule has 0 radical (unpaired) electrons. The first-order chi connectivity index (χ1) is 12.7. The number of benzene rings is 1. The summed E-state index contributed by atoms with van der Waals surface area (Å²) in [5, 5.41) is 3.12. The molecule has 26 heavy (non-hydrogen) atoms. The van der Waals surface area contributed by atoms with E-state index in [1.54, 1.807) is 18.4 Å². The highest BCUT2D eigenvalue weighted by atomic mass is 32.1. The summed E-state index contributed by atoms with van der Waals surface area (Å²) in [6, 6.07) is 18.3. The second-order valence-electron chi connectivity index (χ2n) is 6.03. The summed E-state index contributed by atoms with van der Waals surface area (Å²) in [6.07, 6.45) is 1.83. The van der Waals surface area contributed by atoms with Crippen LogP contribution in [0.15, 0.2) is 66.2 Å². The van der Waals surface area contributed by atoms with Gasteiger partial charge in [0.2, 0.25) is 0 Å². The maximum atomic E-state index is 5.23. The van der Waals surface area contributed by atoms with Crippen molar-refractivity contribution >= 4 is 11.3 Å². The van der Waals surface area contributed by atoms with E-state index in [0.29, 0.717) is 0 Å². The fraction of sp³-hybridized carbons (Fsp3) is 0.143. The Morgan fingerprint density at radius 3 is 2.62 bits per heavy atom. The van der Waals surface area contributed by atoms with Crippen LogP contribution in [0, 0.1) is 6.92 Å². The third-order valence-corrected chi connectivity index (χ3v) is 5.24. The number of pyridine rings is 1. The molecular formula is C21H19N3OS. The first kappa shape index (κ1) is 16.5. The number of methoxy groups -OCH3 is 1. The van der Waals surface area contributed by atoms with Gasteiger partial charge in [-0.2, -0.15) is 0 Å². The smallest absolute Gasteiger partial charge is 0.124 e. The molecule has 4 nitrogen and oxygen atoms in total. The van der Waals surface area contributed by atoms with E-state index in [9.17, 15) is 0 Å². The van der Waals surface area contributed by atoms with Crippen LogP contribution in [-0.2, 0) is 6.54 Å². The number of aromatic nitrogens is 3. The van der Waals surface area contributed by atoms with Crippen molar-refractivity contribution in [3.63, 3.8) is 0 Å². The molecule has 5 heteroatoms. The molecule has 130 valence electrons. The number of nitrogens with zero attached hydrogens (tertiary/aromatic N) is 3. The van der Waals surface area contributed by atoms with E-state index in [1.165, 1.54) is 5.69 Å². The number of hydrogen-bond acceptors (Lipinski definition) is 4. The summed E-state index contributed by atoms with van der Waals surface area (Å²) in [7, 11) is 1.68. The number of ether oxygens (including phenoxy) is 1. The molecule has 4 aromatic rings. The highest BCUT2D eigenvalue weighted by Crippen LogP contribution is 2.31. The van der Waals surface area contributed by atoms with Crippen LogP contribution in [0.4, 0.5) is 0 Å². The summed E-state index contributed by atoms with van der Waals surface area (Å²) in [4.78, 5) is 9.31. The van der Waals surface area contributed by atoms with Gasteiger partial charge in [0.1, 0.15) is 10.8 Å². The first-order valence-corrected chi connectivity index (χ1v) is 9.29. The van der Waals surface area contributed by atoms with Crippen molar-refractivity contribution in [3.8, 4) is 27.7 Å². The van der Waals surface area contributed by atoms with Crippen molar-refractivity contribution in [2.75, 3.05) is 7.11 Å². The fourth-order valence-corrected chi connectivity index (χ4v) is 3.73. The SMILES string of the molecule is COc1ccc(-c2nc(-c3ccc(C)n3Cc3ccccn3)cs2)cc1. The predicted octanol–water partition coefficient (Wildman–Crippen LogP) is 5.04. The van der Waals surface area contributed by atoms with Crippen LogP contribution in [-0.4, -0.2) is 21.6 Å². The van der Waals surface area contributed by atoms with Gasteiger partial charge in [-0.3, -0.25) is 4.98 Å². The maximum Gasteiger partial charge on any atom is 0.124 e. The van der Waals surface area contributed by atoms with E-state index in [2.05, 4.69) is 34.0 Å². The Balaban J connectivity index is 1.65. The molecule has 0 saturated heterocycles. The average Bonchev–Trinajstić information content (AvgIpc) is 3.30. The molecule has 0 unspecified atom stereocenters. The Morgan fingerprint density at radius 2 is 1.88 bits per heavy atom. The lowest BCUT2D eigenvalue weighted by molar-refractivity contribution is 0.415. The first-order valence-electron chi connectivity index (χ1n) is 8.41. The zero-order valence-electron chi connectivity index (χ0n) is 14.7. The van der Waals surface area contributed by atoms with Gasteiger partial charge in [0.15, 0.2) is 0 Å². The van der Waals surface area contributed by atoms with E-state index in [0.717, 1.165) is 39.9 Å². The highest BCUT2D eigenvalue weighted by molar-refractivity contribution is 7.13. The van der Waals surface area contributed by atoms with Gasteiger partial charge in [0.25, 0.3) is 0 Å². The lowest BCUT2D eigenvalue weighted by Gasteiger charge is -2.10. The molecule has 0 aliphatic rings. The van der Waals surface area contributed by atoms with Gasteiger partial charge in [-0.05, 0) is 55.5 Å². The molecule has 4 rings (SSSR count). The topological polar surface area (TPSA) is 39.9 Å². The molecule has 3 heterocycles. The third kappa shape index (κ3) is 3.26. The molecule has 0 saturated carbocycles. The second kappa shape index (κ2) is 7.14. The quantitative estimate of drug-likeness (QED) is 0.500. The Morgan fingerprint density at radius 1 is 1.04 bits per heavy atom. The van der Waals surface area contributed by atoms with Gasteiger partial charge in [0, 0.05) is 22.8 Å². The normalized spacial score (nSPS) is 10.8. The molecule has 0 aliphatic heterocycles. The van der Waals surface area contributed by atoms with Crippen molar-refractivity contribution in [2.45, 2.75) is 13.5 Å². The van der Waals surface area contributed by atoms with Crippen LogP contribution in [0.25, 0.3) is 22.0 Å². The van der Waals surface area contributed by atoms with Gasteiger partial charge in [0.05, 0.1) is 30.7 Å². The number of hydrogen-bond donors (Lipinski definition) is 0. The Labute approximate surface area is 156 Å². The minimum atomic E-state index is 0.740. The number of rotatable bonds is 5. The Hall–Kier alpha value is -2.92. The zero-order chi connectivity index (χ0) is 17.9. The Bertz CT molecular complexity index is 1000. The molecule has 0 fully saturated rings. The monoisotopic (exact) mass is 361 g/mol. The van der Waals surface area contributed by atoms with Crippen LogP contribution in [0.3, 0.4) is 0 Å². The summed E-state index contributed by atoms with van der Waals surface area (Å²) in [5.74, 6) is 0.852. The van der Waals surface area contributed by atoms with Gasteiger partial charge < -0.3 is 9.30 Å². The van der Waals surface area contributed by atoms with Crippen molar-refractivity contribution in [1.82, 2.24) is 14.5 Å². The molecule has 0 bridgehead atoms. The van der Waals surface area contributed by atoms with Crippen LogP contribution in [0.5, 0.6) is 5.75 Å². The molecule has 0 amide bonds. The van der Waals surface area contributed by atoms with Crippen LogP contribution in [0.1, 0.15) is 11.4 Å². The summed E-state index contributed by atoms with van der Waals surface area (Å²) in [6.45, 7) is 2.85. The Kier molecular flexibility index (Phi) is 4.54. The number of thiazole rings is 1. The van der Waals surface area contributed by atoms with Gasteiger partial charge in [-0.1, -0.05) is 6.07 Å². The van der Waals surface area contributed by atoms with Crippen LogP contribution in [0.2, 0.25) is 0 Å². The summed E-state index contributed by atoms with van der Waals surface area (Å²) in [5.41, 5.74) is 5.44. The van der Waals surface area contributed by atoms with E-state index in [4.69, 9.17) is 9.72 Å². The molecule has 0 spiro atoms. The largest absolute Gasteiger partial charge is 0.497 e. The second-order valence-corrected chi connectivity index (χ2v) is 6.89. The molecule has 1 aromatic carbocycles. The van der Waals surface area contributed by atoms with E-state index >= 15 is 0 Å². The predicted molar refractivity (Wildman–Crippen MR) is 106 cm³/mol. The molecule has 0 aliphatic carbocycles. The fourth-order valence-electron chi connectivity index (χ4n) is 2.91. The molecule has 3 aromatic heterocycles. The number of aryl methyl sites for hydroxylation is 1. The van der Waals surface area contributed by atoms with E-state index < -0.39 is 0 Å². The summed E-state index contributed by atoms with van der Waals surface area (Å²) < 4.78 is 7.49. The zero-order valence-corrected chi connectivity index (χ0v) is 15.5. The van der Waals surface area contributed by atoms with Gasteiger partial charge in [-0.25, -0.2) is 4.98 Å². The molecule has 0 atom stereocenters. The molecular weight excluding hydrogens is 342 g/mol. The van der Waals surface area contributed by atoms with Crippen molar-refractivity contribution in [1.29, 1.82) is 0 Å². The van der Waals surface area contributed by atoms with Crippen LogP contribution >= 0.6 is 11.3 Å². The van der Waals surface area contributed by atoms with Gasteiger partial charge in [-0.15, -0.1) is 11.3 Å². The lowest BCUT2D eigenvalue weighted by Crippen LogP contribution is -2.05. The summed E-state index contributed by atoms with van der Waals surface area (Å²) >= 11 is 1.65. The third-order valence-electron chi connectivity index (χ3n) is 4.35. The van der Waals surface area contributed by atoms with Crippen molar-refractivity contribution in [2.24, 2.45) is 0 Å². The molecule has 0 N–H and O–H groups in total. The lowest BCUT2D eigenvalue weighted by atomic mass is 10.2. The van der Waals surface area contributed by atoms with Crippen LogP contribution < -0.4 is 4.74 Å². The van der Waals surface area contributed by atoms with Crippen molar-refractivity contribution in [3.05, 3.63) is 77.6 Å². The highest BCUT2D eigenvalue weighted by Gasteiger charge is 2.13. The standard InChI is InChI=1S/C21H19N3OS/c1-15-6-11-20(24(15)13-17-5-3-4-12-22-17)19-14-26-21(23-19)16-7-9-18(25-2)10-8-16/h3-12,14H,13H2,1-2H3. The minimum Gasteiger partial charge on any atom is -0.497 e. The maximum absolute atomic E-state index is 5.23. The van der Waals surface area contributed by atoms with E-state index in [-0.39, 0.29) is 0 Å². The van der Waals surface area contributed by atoms with E-state index in [1.807, 2.05) is 48.7 Å².